The van der Waals surface area contributed by atoms with Crippen molar-refractivity contribution in [2.45, 2.75) is 30.7 Å². The van der Waals surface area contributed by atoms with Crippen molar-refractivity contribution in [3.8, 4) is 0 Å². The van der Waals surface area contributed by atoms with Crippen LogP contribution in [0.1, 0.15) is 40.5 Å². The lowest BCUT2D eigenvalue weighted by molar-refractivity contribution is -0.113. The van der Waals surface area contributed by atoms with Crippen molar-refractivity contribution >= 4 is 35.0 Å². The normalized spacial score (nSPS) is 13.1. The van der Waals surface area contributed by atoms with E-state index in [9.17, 15) is 18.8 Å². The SMILES string of the molecule is CC(=O)c1ccc(SCC(=O)Nc2ccccc2C(=O)NC2CC2)c(F)c1. The maximum absolute atomic E-state index is 14.0. The first-order valence-electron chi connectivity index (χ1n) is 8.57. The Morgan fingerprint density at radius 1 is 1.15 bits per heavy atom. The fourth-order valence-corrected chi connectivity index (χ4v) is 3.17. The second kappa shape index (κ2) is 8.35. The van der Waals surface area contributed by atoms with Crippen molar-refractivity contribution in [2.75, 3.05) is 11.1 Å². The van der Waals surface area contributed by atoms with Crippen LogP contribution in [-0.2, 0) is 4.79 Å². The Labute approximate surface area is 160 Å². The molecule has 0 heterocycles. The van der Waals surface area contributed by atoms with Gasteiger partial charge in [-0.15, -0.1) is 11.8 Å². The molecule has 2 aromatic carbocycles. The van der Waals surface area contributed by atoms with E-state index < -0.39 is 5.82 Å². The summed E-state index contributed by atoms with van der Waals surface area (Å²) in [7, 11) is 0. The quantitative estimate of drug-likeness (QED) is 0.563. The molecular weight excluding hydrogens is 367 g/mol. The van der Waals surface area contributed by atoms with E-state index in [2.05, 4.69) is 10.6 Å². The van der Waals surface area contributed by atoms with Crippen LogP contribution in [0, 0.1) is 5.82 Å². The zero-order chi connectivity index (χ0) is 19.4. The number of para-hydroxylation sites is 1. The third-order valence-corrected chi connectivity index (χ3v) is 5.10. The molecule has 0 bridgehead atoms. The molecule has 3 rings (SSSR count). The Bertz CT molecular complexity index is 897. The van der Waals surface area contributed by atoms with E-state index in [0.717, 1.165) is 24.6 Å². The van der Waals surface area contributed by atoms with E-state index in [4.69, 9.17) is 0 Å². The van der Waals surface area contributed by atoms with Gasteiger partial charge in [0.05, 0.1) is 17.0 Å². The number of carbonyl (C=O) groups excluding carboxylic acids is 3. The first-order chi connectivity index (χ1) is 12.9. The summed E-state index contributed by atoms with van der Waals surface area (Å²) in [6.07, 6.45) is 1.95. The van der Waals surface area contributed by atoms with Crippen molar-refractivity contribution in [1.82, 2.24) is 5.32 Å². The number of ketones is 1. The molecule has 0 unspecified atom stereocenters. The van der Waals surface area contributed by atoms with Gasteiger partial charge in [-0.3, -0.25) is 14.4 Å². The highest BCUT2D eigenvalue weighted by Crippen LogP contribution is 2.24. The average molecular weight is 386 g/mol. The highest BCUT2D eigenvalue weighted by Gasteiger charge is 2.25. The largest absolute Gasteiger partial charge is 0.349 e. The molecule has 2 aromatic rings. The van der Waals surface area contributed by atoms with Crippen molar-refractivity contribution < 1.29 is 18.8 Å². The highest BCUT2D eigenvalue weighted by molar-refractivity contribution is 8.00. The fourth-order valence-electron chi connectivity index (χ4n) is 2.45. The van der Waals surface area contributed by atoms with E-state index in [-0.39, 0.29) is 39.9 Å². The molecule has 0 aliphatic heterocycles. The van der Waals surface area contributed by atoms with Crippen LogP contribution in [0.25, 0.3) is 0 Å². The van der Waals surface area contributed by atoms with Gasteiger partial charge in [-0.25, -0.2) is 4.39 Å². The summed E-state index contributed by atoms with van der Waals surface area (Å²) in [6.45, 7) is 1.37. The summed E-state index contributed by atoms with van der Waals surface area (Å²) < 4.78 is 14.0. The van der Waals surface area contributed by atoms with Crippen molar-refractivity contribution in [3.05, 3.63) is 59.4 Å². The highest BCUT2D eigenvalue weighted by atomic mass is 32.2. The Morgan fingerprint density at radius 2 is 1.89 bits per heavy atom. The molecule has 2 amide bonds. The Balaban J connectivity index is 1.61. The molecule has 2 N–H and O–H groups in total. The molecular formula is C20H19FN2O3S. The standard InChI is InChI=1S/C20H19FN2O3S/c1-12(24)13-6-9-18(16(21)10-13)27-11-19(25)23-17-5-3-2-4-15(17)20(26)22-14-7-8-14/h2-6,9-10,14H,7-8,11H2,1H3,(H,22,26)(H,23,25). The molecule has 5 nitrogen and oxygen atoms in total. The van der Waals surface area contributed by atoms with E-state index in [1.165, 1.54) is 25.1 Å². The molecule has 1 aliphatic carbocycles. The lowest BCUT2D eigenvalue weighted by atomic mass is 10.1. The lowest BCUT2D eigenvalue weighted by Gasteiger charge is -2.11. The molecule has 1 aliphatic rings. The Hall–Kier alpha value is -2.67. The van der Waals surface area contributed by atoms with Crippen LogP contribution < -0.4 is 10.6 Å². The summed E-state index contributed by atoms with van der Waals surface area (Å²) in [5.41, 5.74) is 1.12. The van der Waals surface area contributed by atoms with Crippen LogP contribution in [0.4, 0.5) is 10.1 Å². The fraction of sp³-hybridized carbons (Fsp3) is 0.250. The molecule has 0 atom stereocenters. The number of hydrogen-bond donors (Lipinski definition) is 2. The number of rotatable bonds is 7. The van der Waals surface area contributed by atoms with Gasteiger partial charge < -0.3 is 10.6 Å². The molecule has 0 saturated heterocycles. The van der Waals surface area contributed by atoms with Crippen LogP contribution in [0.15, 0.2) is 47.4 Å². The van der Waals surface area contributed by atoms with Crippen LogP contribution in [0.5, 0.6) is 0 Å². The minimum Gasteiger partial charge on any atom is -0.349 e. The smallest absolute Gasteiger partial charge is 0.253 e. The maximum atomic E-state index is 14.0. The molecule has 1 fully saturated rings. The minimum atomic E-state index is -0.537. The number of nitrogens with one attached hydrogen (secondary N) is 2. The summed E-state index contributed by atoms with van der Waals surface area (Å²) in [6, 6.07) is 11.2. The van der Waals surface area contributed by atoms with Gasteiger partial charge in [0.15, 0.2) is 5.78 Å². The summed E-state index contributed by atoms with van der Waals surface area (Å²) in [5.74, 6) is -1.34. The number of thioether (sulfide) groups is 1. The maximum Gasteiger partial charge on any atom is 0.253 e. The van der Waals surface area contributed by atoms with Gasteiger partial charge in [0.2, 0.25) is 5.91 Å². The van der Waals surface area contributed by atoms with E-state index in [0.29, 0.717) is 11.3 Å². The second-order valence-electron chi connectivity index (χ2n) is 6.33. The van der Waals surface area contributed by atoms with E-state index in [1.807, 2.05) is 0 Å². The molecule has 27 heavy (non-hydrogen) atoms. The first-order valence-corrected chi connectivity index (χ1v) is 9.55. The van der Waals surface area contributed by atoms with Crippen molar-refractivity contribution in [2.24, 2.45) is 0 Å². The summed E-state index contributed by atoms with van der Waals surface area (Å²) in [5, 5.41) is 5.60. The van der Waals surface area contributed by atoms with Gasteiger partial charge in [0.25, 0.3) is 5.91 Å². The Morgan fingerprint density at radius 3 is 2.56 bits per heavy atom. The molecule has 0 aromatic heterocycles. The van der Waals surface area contributed by atoms with E-state index in [1.54, 1.807) is 24.3 Å². The molecule has 140 valence electrons. The van der Waals surface area contributed by atoms with Crippen LogP contribution in [0.3, 0.4) is 0 Å². The van der Waals surface area contributed by atoms with Gasteiger partial charge in [0.1, 0.15) is 5.82 Å². The molecule has 7 heteroatoms. The third-order valence-electron chi connectivity index (χ3n) is 4.06. The number of amides is 2. The average Bonchev–Trinajstić information content (AvgIpc) is 3.45. The second-order valence-corrected chi connectivity index (χ2v) is 7.35. The van der Waals surface area contributed by atoms with Gasteiger partial charge >= 0.3 is 0 Å². The number of carbonyl (C=O) groups is 3. The summed E-state index contributed by atoms with van der Waals surface area (Å²) >= 11 is 1.03. The number of halogens is 1. The number of hydrogen-bond acceptors (Lipinski definition) is 4. The minimum absolute atomic E-state index is 0.0189. The number of anilines is 1. The van der Waals surface area contributed by atoms with Gasteiger partial charge in [0, 0.05) is 16.5 Å². The van der Waals surface area contributed by atoms with Gasteiger partial charge in [-0.1, -0.05) is 18.2 Å². The predicted octanol–water partition coefficient (Wildman–Crippen LogP) is 3.65. The lowest BCUT2D eigenvalue weighted by Crippen LogP contribution is -2.27. The van der Waals surface area contributed by atoms with Gasteiger partial charge in [-0.2, -0.15) is 0 Å². The predicted molar refractivity (Wildman–Crippen MR) is 103 cm³/mol. The molecule has 0 spiro atoms. The van der Waals surface area contributed by atoms with Gasteiger partial charge in [-0.05, 0) is 44.0 Å². The monoisotopic (exact) mass is 386 g/mol. The van der Waals surface area contributed by atoms with Crippen LogP contribution in [0.2, 0.25) is 0 Å². The number of Topliss-reactive ketones (excluding diaryl/α,β-unsaturated/α-hetero) is 1. The zero-order valence-corrected chi connectivity index (χ0v) is 15.6. The third kappa shape index (κ3) is 5.17. The van der Waals surface area contributed by atoms with Crippen LogP contribution in [-0.4, -0.2) is 29.4 Å². The zero-order valence-electron chi connectivity index (χ0n) is 14.8. The van der Waals surface area contributed by atoms with Crippen molar-refractivity contribution in [1.29, 1.82) is 0 Å². The van der Waals surface area contributed by atoms with Crippen molar-refractivity contribution in [3.63, 3.8) is 0 Å². The first kappa shape index (κ1) is 19.1. The molecule has 0 radical (unpaired) electrons. The number of benzene rings is 2. The summed E-state index contributed by atoms with van der Waals surface area (Å²) in [4.78, 5) is 36.1. The Kier molecular flexibility index (Phi) is 5.91. The molecule has 1 saturated carbocycles. The van der Waals surface area contributed by atoms with E-state index >= 15 is 0 Å². The van der Waals surface area contributed by atoms with Crippen LogP contribution >= 0.6 is 11.8 Å². The topological polar surface area (TPSA) is 75.3 Å².